The van der Waals surface area contributed by atoms with Crippen LogP contribution in [0.5, 0.6) is 0 Å². The molecule has 2 fully saturated rings. The average molecular weight is 266 g/mol. The second-order valence-electron chi connectivity index (χ2n) is 6.01. The maximum Gasteiger partial charge on any atom is 0.0975 e. The van der Waals surface area contributed by atoms with Gasteiger partial charge in [-0.3, -0.25) is 0 Å². The first-order valence-corrected chi connectivity index (χ1v) is 7.73. The molecule has 3 nitrogen and oxygen atoms in total. The summed E-state index contributed by atoms with van der Waals surface area (Å²) in [6, 6.07) is 0. The molecule has 0 amide bonds. The molecule has 3 rings (SSSR count). The third-order valence-corrected chi connectivity index (χ3v) is 6.22. The molecule has 1 aromatic heterocycles. The summed E-state index contributed by atoms with van der Waals surface area (Å²) in [5.41, 5.74) is 1.23. The summed E-state index contributed by atoms with van der Waals surface area (Å²) in [5, 5.41) is 11.0. The normalized spacial score (nSPS) is 27.4. The fourth-order valence-electron chi connectivity index (χ4n) is 3.28. The summed E-state index contributed by atoms with van der Waals surface area (Å²) >= 11 is 1.87. The Bertz CT molecular complexity index is 433. The van der Waals surface area contributed by atoms with Crippen LogP contribution in [-0.4, -0.2) is 41.7 Å². The van der Waals surface area contributed by atoms with Crippen LogP contribution in [0.2, 0.25) is 0 Å². The molecule has 1 unspecified atom stereocenters. The van der Waals surface area contributed by atoms with Gasteiger partial charge in [0.2, 0.25) is 0 Å². The van der Waals surface area contributed by atoms with Gasteiger partial charge < -0.3 is 10.0 Å². The van der Waals surface area contributed by atoms with Gasteiger partial charge >= 0.3 is 0 Å². The molecule has 0 aromatic carbocycles. The van der Waals surface area contributed by atoms with Gasteiger partial charge in [0.25, 0.3) is 0 Å². The fourth-order valence-corrected chi connectivity index (χ4v) is 4.71. The zero-order valence-electron chi connectivity index (χ0n) is 11.3. The molecule has 1 aliphatic heterocycles. The first-order chi connectivity index (χ1) is 8.64. The number of nitrogens with zero attached hydrogens (tertiary/aromatic N) is 2. The highest BCUT2D eigenvalue weighted by atomic mass is 32.1. The van der Waals surface area contributed by atoms with Gasteiger partial charge in [-0.05, 0) is 39.8 Å². The zero-order valence-corrected chi connectivity index (χ0v) is 12.1. The van der Waals surface area contributed by atoms with E-state index < -0.39 is 0 Å². The second-order valence-corrected chi connectivity index (χ2v) is 7.04. The molecule has 0 bridgehead atoms. The summed E-state index contributed by atoms with van der Waals surface area (Å²) in [7, 11) is 2.18. The first-order valence-electron chi connectivity index (χ1n) is 6.92. The number of aliphatic hydroxyl groups excluding tert-OH is 1. The van der Waals surface area contributed by atoms with Gasteiger partial charge in [0, 0.05) is 22.8 Å². The number of aryl methyl sites for hydroxylation is 1. The molecular formula is C14H22N2OS. The number of thiazole rings is 1. The van der Waals surface area contributed by atoms with Gasteiger partial charge in [-0.25, -0.2) is 4.98 Å². The Morgan fingerprint density at radius 1 is 1.50 bits per heavy atom. The SMILES string of the molecule is Cc1nc(C2CCN(C)C2)sc1C1(CO)CCC1. The lowest BCUT2D eigenvalue weighted by Gasteiger charge is -2.39. The van der Waals surface area contributed by atoms with E-state index in [4.69, 9.17) is 4.98 Å². The molecule has 18 heavy (non-hydrogen) atoms. The topological polar surface area (TPSA) is 36.4 Å². The molecule has 100 valence electrons. The molecule has 1 aliphatic carbocycles. The van der Waals surface area contributed by atoms with Crippen molar-refractivity contribution in [2.45, 2.75) is 43.9 Å². The maximum atomic E-state index is 9.70. The van der Waals surface area contributed by atoms with Crippen LogP contribution < -0.4 is 0 Å². The lowest BCUT2D eigenvalue weighted by atomic mass is 9.68. The number of hydrogen-bond donors (Lipinski definition) is 1. The molecule has 4 heteroatoms. The Balaban J connectivity index is 1.86. The predicted octanol–water partition coefficient (Wildman–Crippen LogP) is 2.28. The van der Waals surface area contributed by atoms with E-state index in [-0.39, 0.29) is 5.41 Å². The van der Waals surface area contributed by atoms with Gasteiger partial charge in [0.15, 0.2) is 0 Å². The highest BCUT2D eigenvalue weighted by Gasteiger charge is 2.41. The lowest BCUT2D eigenvalue weighted by molar-refractivity contribution is 0.122. The van der Waals surface area contributed by atoms with Crippen LogP contribution in [0, 0.1) is 6.92 Å². The van der Waals surface area contributed by atoms with E-state index >= 15 is 0 Å². The van der Waals surface area contributed by atoms with E-state index in [2.05, 4.69) is 18.9 Å². The third kappa shape index (κ3) is 1.91. The molecule has 1 aromatic rings. The van der Waals surface area contributed by atoms with Crippen molar-refractivity contribution in [3.8, 4) is 0 Å². The van der Waals surface area contributed by atoms with Crippen LogP contribution in [0.25, 0.3) is 0 Å². The van der Waals surface area contributed by atoms with Crippen LogP contribution in [-0.2, 0) is 5.41 Å². The molecule has 0 radical (unpaired) electrons. The molecule has 1 saturated heterocycles. The van der Waals surface area contributed by atoms with Gasteiger partial charge in [0.05, 0.1) is 17.3 Å². The number of rotatable bonds is 3. The van der Waals surface area contributed by atoms with Crippen LogP contribution in [0.1, 0.15) is 47.2 Å². The predicted molar refractivity (Wildman–Crippen MR) is 74.3 cm³/mol. The van der Waals surface area contributed by atoms with Crippen LogP contribution in [0.15, 0.2) is 0 Å². The maximum absolute atomic E-state index is 9.70. The number of aromatic nitrogens is 1. The summed E-state index contributed by atoms with van der Waals surface area (Å²) in [5.74, 6) is 0.614. The summed E-state index contributed by atoms with van der Waals surface area (Å²) in [6.07, 6.45) is 4.75. The van der Waals surface area contributed by atoms with Gasteiger partial charge in [-0.2, -0.15) is 0 Å². The van der Waals surface area contributed by atoms with Gasteiger partial charge in [0.1, 0.15) is 0 Å². The fraction of sp³-hybridized carbons (Fsp3) is 0.786. The molecular weight excluding hydrogens is 244 g/mol. The van der Waals surface area contributed by atoms with Crippen molar-refractivity contribution >= 4 is 11.3 Å². The smallest absolute Gasteiger partial charge is 0.0975 e. The summed E-state index contributed by atoms with van der Waals surface area (Å²) < 4.78 is 0. The van der Waals surface area contributed by atoms with Crippen molar-refractivity contribution < 1.29 is 5.11 Å². The monoisotopic (exact) mass is 266 g/mol. The highest BCUT2D eigenvalue weighted by molar-refractivity contribution is 7.12. The number of likely N-dealkylation sites (N-methyl/N-ethyl adjacent to an activating group) is 1. The zero-order chi connectivity index (χ0) is 12.8. The standard InChI is InChI=1S/C14H22N2OS/c1-10-12(14(9-17)5-3-6-14)18-13(15-10)11-4-7-16(2)8-11/h11,17H,3-9H2,1-2H3. The Morgan fingerprint density at radius 3 is 2.78 bits per heavy atom. The van der Waals surface area contributed by atoms with Crippen LogP contribution >= 0.6 is 11.3 Å². The summed E-state index contributed by atoms with van der Waals surface area (Å²) in [4.78, 5) is 8.55. The highest BCUT2D eigenvalue weighted by Crippen LogP contribution is 2.48. The van der Waals surface area contributed by atoms with Crippen molar-refractivity contribution in [2.24, 2.45) is 0 Å². The van der Waals surface area contributed by atoms with Crippen molar-refractivity contribution in [3.05, 3.63) is 15.6 Å². The van der Waals surface area contributed by atoms with Gasteiger partial charge in [-0.1, -0.05) is 6.42 Å². The van der Waals surface area contributed by atoms with E-state index in [1.807, 2.05) is 11.3 Å². The first kappa shape index (κ1) is 12.6. The van der Waals surface area contributed by atoms with E-state index in [1.54, 1.807) is 0 Å². The van der Waals surface area contributed by atoms with Crippen molar-refractivity contribution in [1.82, 2.24) is 9.88 Å². The molecule has 2 aliphatic rings. The van der Waals surface area contributed by atoms with Gasteiger partial charge in [-0.15, -0.1) is 11.3 Å². The number of likely N-dealkylation sites (tertiary alicyclic amines) is 1. The Labute approximate surface area is 113 Å². The minimum atomic E-state index is 0.0600. The molecule has 0 spiro atoms. The minimum Gasteiger partial charge on any atom is -0.395 e. The molecule has 1 saturated carbocycles. The van der Waals surface area contributed by atoms with Crippen molar-refractivity contribution in [3.63, 3.8) is 0 Å². The molecule has 2 heterocycles. The van der Waals surface area contributed by atoms with Crippen LogP contribution in [0.4, 0.5) is 0 Å². The van der Waals surface area contributed by atoms with E-state index in [0.717, 1.165) is 19.4 Å². The van der Waals surface area contributed by atoms with E-state index in [9.17, 15) is 5.11 Å². The van der Waals surface area contributed by atoms with E-state index in [1.165, 1.54) is 35.0 Å². The largest absolute Gasteiger partial charge is 0.395 e. The summed E-state index contributed by atoms with van der Waals surface area (Å²) in [6.45, 7) is 4.73. The number of aliphatic hydroxyl groups is 1. The Hall–Kier alpha value is -0.450. The number of hydrogen-bond acceptors (Lipinski definition) is 4. The van der Waals surface area contributed by atoms with E-state index in [0.29, 0.717) is 12.5 Å². The minimum absolute atomic E-state index is 0.0600. The van der Waals surface area contributed by atoms with Crippen molar-refractivity contribution in [1.29, 1.82) is 0 Å². The second kappa shape index (κ2) is 4.58. The Morgan fingerprint density at radius 2 is 2.28 bits per heavy atom. The average Bonchev–Trinajstić information content (AvgIpc) is 2.86. The quantitative estimate of drug-likeness (QED) is 0.912. The third-order valence-electron chi connectivity index (χ3n) is 4.65. The molecule has 1 atom stereocenters. The van der Waals surface area contributed by atoms with Crippen LogP contribution in [0.3, 0.4) is 0 Å². The lowest BCUT2D eigenvalue weighted by Crippen LogP contribution is -2.37. The molecule has 1 N–H and O–H groups in total. The van der Waals surface area contributed by atoms with Crippen molar-refractivity contribution in [2.75, 3.05) is 26.7 Å². The Kier molecular flexibility index (Phi) is 3.20.